The number of aromatic hydroxyl groups is 1. The number of phenols is 1. The van der Waals surface area contributed by atoms with Gasteiger partial charge in [0, 0.05) is 17.7 Å². The molecule has 0 radical (unpaired) electrons. The van der Waals surface area contributed by atoms with E-state index in [1.807, 2.05) is 6.92 Å². The summed E-state index contributed by atoms with van der Waals surface area (Å²) in [5.74, 6) is 0.579. The first kappa shape index (κ1) is 18.8. The number of halogens is 1. The van der Waals surface area contributed by atoms with E-state index in [9.17, 15) is 9.50 Å². The van der Waals surface area contributed by atoms with Gasteiger partial charge >= 0.3 is 0 Å². The van der Waals surface area contributed by atoms with Crippen molar-refractivity contribution in [1.29, 1.82) is 0 Å². The number of fused-ring (bicyclic) bond motifs is 2. The minimum Gasteiger partial charge on any atom is -0.507 e. The van der Waals surface area contributed by atoms with Crippen LogP contribution in [0.5, 0.6) is 5.75 Å². The second-order valence-corrected chi connectivity index (χ2v) is 8.24. The summed E-state index contributed by atoms with van der Waals surface area (Å²) < 4.78 is 15.0. The molecule has 2 saturated heterocycles. The first-order valence-corrected chi connectivity index (χ1v) is 9.96. The summed E-state index contributed by atoms with van der Waals surface area (Å²) in [4.78, 5) is 10.2. The molecule has 4 heterocycles. The van der Waals surface area contributed by atoms with Crippen LogP contribution in [0.25, 0.3) is 23.0 Å². The summed E-state index contributed by atoms with van der Waals surface area (Å²) in [5.41, 5.74) is 2.56. The van der Waals surface area contributed by atoms with E-state index in [1.165, 1.54) is 4.80 Å². The van der Waals surface area contributed by atoms with E-state index >= 15 is 0 Å². The van der Waals surface area contributed by atoms with Gasteiger partial charge in [-0.25, -0.2) is 4.39 Å². The molecule has 1 aromatic carbocycles. The molecule has 9 heteroatoms. The Bertz CT molecular complexity index is 1130. The van der Waals surface area contributed by atoms with Crippen LogP contribution >= 0.6 is 0 Å². The van der Waals surface area contributed by atoms with Gasteiger partial charge in [0.15, 0.2) is 5.82 Å². The number of alkyl halides is 1. The maximum Gasteiger partial charge on any atom is 0.172 e. The van der Waals surface area contributed by atoms with Crippen molar-refractivity contribution in [2.45, 2.75) is 50.9 Å². The highest BCUT2D eigenvalue weighted by atomic mass is 19.1. The summed E-state index contributed by atoms with van der Waals surface area (Å²) >= 11 is 0. The molecule has 3 aromatic rings. The number of nitrogens with zero attached hydrogens (tertiary/aromatic N) is 6. The Kier molecular flexibility index (Phi) is 4.35. The number of tetrazole rings is 1. The minimum absolute atomic E-state index is 0.0366. The summed E-state index contributed by atoms with van der Waals surface area (Å²) in [6.07, 6.45) is 6.51. The third-order valence-electron chi connectivity index (χ3n) is 5.92. The molecule has 0 saturated carbocycles. The average molecular weight is 407 g/mol. The number of aromatic nitrogens is 6. The zero-order valence-electron chi connectivity index (χ0n) is 16.7. The first-order chi connectivity index (χ1) is 14.4. The highest BCUT2D eigenvalue weighted by molar-refractivity contribution is 5.68. The molecule has 154 valence electrons. The lowest BCUT2D eigenvalue weighted by Crippen LogP contribution is -2.52. The highest BCUT2D eigenvalue weighted by Gasteiger charge is 2.47. The standard InChI is InChI=1S/C21H22FN7O/c1-12-26-28-29(27-12)16-3-4-17(19(30)9-16)18-11-23-15(10-24-18)8-13-7-14-5-6-21(2,25-14)20(13)22/h3-4,8-11,14,20,25,30H,5-7H2,1-2H3/b13-8+/t14-,20+,21+/m1/s1. The highest BCUT2D eigenvalue weighted by Crippen LogP contribution is 2.41. The number of rotatable bonds is 3. The van der Waals surface area contributed by atoms with Gasteiger partial charge in [-0.3, -0.25) is 9.97 Å². The van der Waals surface area contributed by atoms with Gasteiger partial charge in [-0.05, 0) is 62.1 Å². The van der Waals surface area contributed by atoms with E-state index in [0.29, 0.717) is 40.9 Å². The topological polar surface area (TPSA) is 102 Å². The van der Waals surface area contributed by atoms with Gasteiger partial charge in [0.05, 0.1) is 35.0 Å². The number of hydrogen-bond acceptors (Lipinski definition) is 7. The predicted molar refractivity (Wildman–Crippen MR) is 109 cm³/mol. The van der Waals surface area contributed by atoms with Gasteiger partial charge < -0.3 is 10.4 Å². The SMILES string of the molecule is Cc1nnn(-c2ccc(-c3cnc(/C=C4\C[C@H]5CC[C@](C)(N5)[C@H]4F)cn3)c(O)c2)n1. The molecule has 2 aliphatic rings. The molecule has 0 amide bonds. The summed E-state index contributed by atoms with van der Waals surface area (Å²) in [6.45, 7) is 3.69. The molecule has 0 aliphatic carbocycles. The molecule has 3 atom stereocenters. The Labute approximate surface area is 172 Å². The van der Waals surface area contributed by atoms with Crippen molar-refractivity contribution in [2.75, 3.05) is 0 Å². The van der Waals surface area contributed by atoms with Gasteiger partial charge in [0.1, 0.15) is 11.9 Å². The van der Waals surface area contributed by atoms with E-state index in [4.69, 9.17) is 0 Å². The molecule has 0 unspecified atom stereocenters. The fraction of sp³-hybridized carbons (Fsp3) is 0.381. The van der Waals surface area contributed by atoms with Crippen molar-refractivity contribution in [3.63, 3.8) is 0 Å². The number of phenolic OH excluding ortho intramolecular Hbond substituents is 1. The average Bonchev–Trinajstić information content (AvgIpc) is 3.31. The van der Waals surface area contributed by atoms with E-state index in [1.54, 1.807) is 43.6 Å². The number of aryl methyl sites for hydroxylation is 1. The zero-order valence-corrected chi connectivity index (χ0v) is 16.7. The lowest BCUT2D eigenvalue weighted by molar-refractivity contribution is 0.186. The van der Waals surface area contributed by atoms with Gasteiger partial charge in [-0.15, -0.1) is 15.0 Å². The lowest BCUT2D eigenvalue weighted by atomic mass is 9.86. The van der Waals surface area contributed by atoms with Crippen molar-refractivity contribution < 1.29 is 9.50 Å². The Morgan fingerprint density at radius 1 is 1.30 bits per heavy atom. The van der Waals surface area contributed by atoms with Crippen LogP contribution in [0.2, 0.25) is 0 Å². The molecule has 2 bridgehead atoms. The Hall–Kier alpha value is -3.20. The lowest BCUT2D eigenvalue weighted by Gasteiger charge is -2.36. The molecule has 2 aromatic heterocycles. The third kappa shape index (κ3) is 3.24. The van der Waals surface area contributed by atoms with Gasteiger partial charge in [-0.1, -0.05) is 0 Å². The molecule has 2 N–H and O–H groups in total. The molecule has 2 aliphatic heterocycles. The molecular formula is C21H22FN7O. The van der Waals surface area contributed by atoms with Crippen molar-refractivity contribution in [3.05, 3.63) is 47.7 Å². The molecular weight excluding hydrogens is 385 g/mol. The van der Waals surface area contributed by atoms with Crippen LogP contribution in [0, 0.1) is 6.92 Å². The van der Waals surface area contributed by atoms with Crippen LogP contribution in [-0.4, -0.2) is 53.0 Å². The van der Waals surface area contributed by atoms with E-state index < -0.39 is 11.7 Å². The molecule has 5 rings (SSSR count). The first-order valence-electron chi connectivity index (χ1n) is 9.96. The second-order valence-electron chi connectivity index (χ2n) is 8.24. The van der Waals surface area contributed by atoms with E-state index in [-0.39, 0.29) is 5.75 Å². The molecule has 2 fully saturated rings. The number of piperidine rings is 1. The van der Waals surface area contributed by atoms with Crippen molar-refractivity contribution in [2.24, 2.45) is 0 Å². The van der Waals surface area contributed by atoms with Crippen LogP contribution in [0.3, 0.4) is 0 Å². The van der Waals surface area contributed by atoms with Crippen LogP contribution < -0.4 is 5.32 Å². The van der Waals surface area contributed by atoms with Gasteiger partial charge in [-0.2, -0.15) is 0 Å². The maximum absolute atomic E-state index is 15.0. The van der Waals surface area contributed by atoms with Crippen LogP contribution in [0.1, 0.15) is 37.7 Å². The minimum atomic E-state index is -1.02. The van der Waals surface area contributed by atoms with Gasteiger partial charge in [0.2, 0.25) is 0 Å². The summed E-state index contributed by atoms with van der Waals surface area (Å²) in [5, 5.41) is 25.7. The maximum atomic E-state index is 15.0. The largest absolute Gasteiger partial charge is 0.507 e. The molecule has 30 heavy (non-hydrogen) atoms. The zero-order chi connectivity index (χ0) is 20.9. The monoisotopic (exact) mass is 407 g/mol. The van der Waals surface area contributed by atoms with Crippen molar-refractivity contribution in [1.82, 2.24) is 35.5 Å². The number of hydrogen-bond donors (Lipinski definition) is 2. The van der Waals surface area contributed by atoms with E-state index in [0.717, 1.165) is 18.4 Å². The fourth-order valence-corrected chi connectivity index (χ4v) is 4.36. The number of nitrogens with one attached hydrogen (secondary N) is 1. The van der Waals surface area contributed by atoms with Gasteiger partial charge in [0.25, 0.3) is 0 Å². The fourth-order valence-electron chi connectivity index (χ4n) is 4.36. The smallest absolute Gasteiger partial charge is 0.172 e. The van der Waals surface area contributed by atoms with Crippen LogP contribution in [0.15, 0.2) is 36.2 Å². The normalized spacial score (nSPS) is 27.0. The van der Waals surface area contributed by atoms with Crippen LogP contribution in [0.4, 0.5) is 4.39 Å². The van der Waals surface area contributed by atoms with Crippen LogP contribution in [-0.2, 0) is 0 Å². The quantitative estimate of drug-likeness (QED) is 0.688. The van der Waals surface area contributed by atoms with Crippen molar-refractivity contribution >= 4 is 6.08 Å². The summed E-state index contributed by atoms with van der Waals surface area (Å²) in [7, 11) is 0. The predicted octanol–water partition coefficient (Wildman–Crippen LogP) is 2.77. The Morgan fingerprint density at radius 2 is 2.17 bits per heavy atom. The Morgan fingerprint density at radius 3 is 2.87 bits per heavy atom. The Balaban J connectivity index is 1.39. The second kappa shape index (κ2) is 6.94. The van der Waals surface area contributed by atoms with E-state index in [2.05, 4.69) is 30.7 Å². The van der Waals surface area contributed by atoms with Crippen molar-refractivity contribution in [3.8, 4) is 22.7 Å². The third-order valence-corrected chi connectivity index (χ3v) is 5.92. The number of benzene rings is 1. The summed E-state index contributed by atoms with van der Waals surface area (Å²) in [6, 6.07) is 5.38. The molecule has 0 spiro atoms. The molecule has 8 nitrogen and oxygen atoms in total.